The molecule has 204 valence electrons. The molecule has 2 N–H and O–H groups in total. The van der Waals surface area contributed by atoms with Gasteiger partial charge < -0.3 is 10.5 Å². The standard InChI is InChI=1S/C23H17F5N6O4S/c1-38-23(35)34(39(36,37)18-10-12(25)2-3-14(18)26)17-5-4-15(27)19(20(17)28)21-13(11-33(32-21)9-7-24)16-6-8-30-22(29)31-16/h2-6,8,10-11H,7,9H2,1H3,(H2,29,30,31). The van der Waals surface area contributed by atoms with Crippen LogP contribution in [0.15, 0.2) is 53.7 Å². The lowest BCUT2D eigenvalue weighted by Gasteiger charge is -2.23. The molecule has 0 aliphatic carbocycles. The molecule has 0 radical (unpaired) electrons. The zero-order chi connectivity index (χ0) is 28.5. The number of nitrogens with two attached hydrogens (primary N) is 1. The summed E-state index contributed by atoms with van der Waals surface area (Å²) in [7, 11) is -4.60. The van der Waals surface area contributed by atoms with Gasteiger partial charge in [-0.1, -0.05) is 0 Å². The van der Waals surface area contributed by atoms with Gasteiger partial charge in [0.15, 0.2) is 5.82 Å². The Kier molecular flexibility index (Phi) is 7.49. The first kappa shape index (κ1) is 27.4. The number of nitrogens with zero attached hydrogens (tertiary/aromatic N) is 5. The number of alkyl halides is 1. The van der Waals surface area contributed by atoms with Crippen molar-refractivity contribution >= 4 is 27.8 Å². The highest BCUT2D eigenvalue weighted by Gasteiger charge is 2.38. The van der Waals surface area contributed by atoms with Gasteiger partial charge in [-0.3, -0.25) is 4.68 Å². The molecular weight excluding hydrogens is 551 g/mol. The van der Waals surface area contributed by atoms with Crippen LogP contribution in [-0.2, 0) is 21.3 Å². The maximum atomic E-state index is 16.1. The fourth-order valence-electron chi connectivity index (χ4n) is 3.62. The Hall–Kier alpha value is -4.60. The summed E-state index contributed by atoms with van der Waals surface area (Å²) in [5, 5.41) is 4.01. The van der Waals surface area contributed by atoms with Crippen LogP contribution in [-0.4, -0.2) is 48.0 Å². The van der Waals surface area contributed by atoms with Gasteiger partial charge in [-0.15, -0.1) is 0 Å². The van der Waals surface area contributed by atoms with Crippen LogP contribution >= 0.6 is 0 Å². The molecule has 0 bridgehead atoms. The number of methoxy groups -OCH3 is 1. The minimum absolute atomic E-state index is 0.0334. The zero-order valence-corrected chi connectivity index (χ0v) is 20.6. The third kappa shape index (κ3) is 5.09. The summed E-state index contributed by atoms with van der Waals surface area (Å²) >= 11 is 0. The molecule has 0 unspecified atom stereocenters. The number of aryl methyl sites for hydroxylation is 1. The number of benzene rings is 2. The highest BCUT2D eigenvalue weighted by atomic mass is 32.2. The number of nitrogen functional groups attached to an aromatic ring is 1. The Balaban J connectivity index is 1.99. The van der Waals surface area contributed by atoms with E-state index in [1.54, 1.807) is 0 Å². The highest BCUT2D eigenvalue weighted by molar-refractivity contribution is 7.93. The number of aromatic nitrogens is 4. The van der Waals surface area contributed by atoms with Crippen molar-refractivity contribution in [3.8, 4) is 22.5 Å². The number of amides is 1. The molecule has 2 aromatic carbocycles. The molecule has 0 fully saturated rings. The molecule has 2 aromatic heterocycles. The van der Waals surface area contributed by atoms with Gasteiger partial charge in [0.05, 0.1) is 24.9 Å². The summed E-state index contributed by atoms with van der Waals surface area (Å²) < 4.78 is 104. The molecule has 1 amide bonds. The minimum atomic E-state index is -5.36. The van der Waals surface area contributed by atoms with Crippen molar-refractivity contribution in [2.45, 2.75) is 11.4 Å². The van der Waals surface area contributed by atoms with Crippen LogP contribution in [0.4, 0.5) is 38.4 Å². The summed E-state index contributed by atoms with van der Waals surface area (Å²) in [4.78, 5) is 19.0. The maximum Gasteiger partial charge on any atom is 0.428 e. The van der Waals surface area contributed by atoms with Crippen molar-refractivity contribution in [2.24, 2.45) is 0 Å². The van der Waals surface area contributed by atoms with Crippen LogP contribution in [0.1, 0.15) is 0 Å². The fraction of sp³-hybridized carbons (Fsp3) is 0.130. The van der Waals surface area contributed by atoms with E-state index in [-0.39, 0.29) is 34.1 Å². The van der Waals surface area contributed by atoms with E-state index in [0.717, 1.165) is 11.8 Å². The van der Waals surface area contributed by atoms with Gasteiger partial charge in [-0.25, -0.2) is 45.1 Å². The van der Waals surface area contributed by atoms with E-state index in [0.29, 0.717) is 24.3 Å². The van der Waals surface area contributed by atoms with Crippen LogP contribution < -0.4 is 10.0 Å². The molecule has 0 saturated heterocycles. The van der Waals surface area contributed by atoms with Crippen LogP contribution in [0, 0.1) is 23.3 Å². The second-order valence-electron chi connectivity index (χ2n) is 7.71. The third-order valence-corrected chi connectivity index (χ3v) is 7.00. The van der Waals surface area contributed by atoms with Gasteiger partial charge in [0.25, 0.3) is 10.0 Å². The average Bonchev–Trinajstić information content (AvgIpc) is 3.30. The molecule has 10 nitrogen and oxygen atoms in total. The number of carbonyl (C=O) groups excluding carboxylic acids is 1. The summed E-state index contributed by atoms with van der Waals surface area (Å²) in [6, 6.07) is 3.92. The van der Waals surface area contributed by atoms with Crippen LogP contribution in [0.2, 0.25) is 0 Å². The molecule has 0 atom stereocenters. The van der Waals surface area contributed by atoms with Crippen molar-refractivity contribution in [1.82, 2.24) is 19.7 Å². The first-order valence-electron chi connectivity index (χ1n) is 10.8. The number of halogens is 5. The van der Waals surface area contributed by atoms with E-state index in [4.69, 9.17) is 5.73 Å². The largest absolute Gasteiger partial charge is 0.452 e. The Morgan fingerprint density at radius 1 is 1.10 bits per heavy atom. The molecule has 0 saturated carbocycles. The summed E-state index contributed by atoms with van der Waals surface area (Å²) in [5.41, 5.74) is 3.09. The summed E-state index contributed by atoms with van der Waals surface area (Å²) in [6.07, 6.45) is 0.747. The zero-order valence-electron chi connectivity index (χ0n) is 19.8. The number of carbonyl (C=O) groups is 1. The van der Waals surface area contributed by atoms with Crippen molar-refractivity contribution < 1.29 is 39.9 Å². The third-order valence-electron chi connectivity index (χ3n) is 5.30. The predicted octanol–water partition coefficient (Wildman–Crippen LogP) is 4.08. The normalized spacial score (nSPS) is 11.4. The highest BCUT2D eigenvalue weighted by Crippen LogP contribution is 2.39. The minimum Gasteiger partial charge on any atom is -0.452 e. The Morgan fingerprint density at radius 3 is 2.49 bits per heavy atom. The summed E-state index contributed by atoms with van der Waals surface area (Å²) in [5.74, 6) is -5.74. The lowest BCUT2D eigenvalue weighted by atomic mass is 10.0. The Labute approximate surface area is 217 Å². The average molecular weight is 568 g/mol. The van der Waals surface area contributed by atoms with E-state index < -0.39 is 67.9 Å². The van der Waals surface area contributed by atoms with Gasteiger partial charge in [0, 0.05) is 18.0 Å². The number of rotatable bonds is 7. The van der Waals surface area contributed by atoms with Gasteiger partial charge in [0.1, 0.15) is 40.4 Å². The summed E-state index contributed by atoms with van der Waals surface area (Å²) in [6.45, 7) is -1.22. The number of sulfonamides is 1. The maximum absolute atomic E-state index is 16.1. The lowest BCUT2D eigenvalue weighted by Crippen LogP contribution is -2.38. The molecule has 4 aromatic rings. The number of anilines is 2. The molecule has 4 rings (SSSR count). The number of ether oxygens (including phenoxy) is 1. The van der Waals surface area contributed by atoms with Crippen LogP contribution in [0.25, 0.3) is 22.5 Å². The number of hydrogen-bond donors (Lipinski definition) is 1. The molecule has 0 spiro atoms. The van der Waals surface area contributed by atoms with E-state index in [1.807, 2.05) is 0 Å². The first-order valence-corrected chi connectivity index (χ1v) is 12.2. The SMILES string of the molecule is COC(=O)N(c1ccc(F)c(-c2nn(CCF)cc2-c2ccnc(N)n2)c1F)S(=O)(=O)c1cc(F)ccc1F. The van der Waals surface area contributed by atoms with Gasteiger partial charge in [-0.05, 0) is 36.4 Å². The topological polar surface area (TPSA) is 133 Å². The van der Waals surface area contributed by atoms with Crippen LogP contribution in [0.3, 0.4) is 0 Å². The molecule has 0 aliphatic rings. The lowest BCUT2D eigenvalue weighted by molar-refractivity contribution is 0.183. The van der Waals surface area contributed by atoms with E-state index in [1.165, 1.54) is 18.5 Å². The Morgan fingerprint density at radius 2 is 1.82 bits per heavy atom. The Bertz CT molecular complexity index is 1680. The second kappa shape index (κ2) is 10.6. The van der Waals surface area contributed by atoms with E-state index >= 15 is 8.78 Å². The number of hydrogen-bond acceptors (Lipinski definition) is 8. The van der Waals surface area contributed by atoms with Gasteiger partial charge in [-0.2, -0.15) is 9.40 Å². The van der Waals surface area contributed by atoms with E-state index in [9.17, 15) is 26.4 Å². The van der Waals surface area contributed by atoms with Gasteiger partial charge >= 0.3 is 6.09 Å². The van der Waals surface area contributed by atoms with Crippen molar-refractivity contribution in [1.29, 1.82) is 0 Å². The van der Waals surface area contributed by atoms with Crippen molar-refractivity contribution in [2.75, 3.05) is 23.8 Å². The second-order valence-corrected chi connectivity index (χ2v) is 9.47. The predicted molar refractivity (Wildman–Crippen MR) is 127 cm³/mol. The monoisotopic (exact) mass is 568 g/mol. The van der Waals surface area contributed by atoms with Crippen LogP contribution in [0.5, 0.6) is 0 Å². The van der Waals surface area contributed by atoms with Crippen molar-refractivity contribution in [3.05, 3.63) is 72.1 Å². The first-order chi connectivity index (χ1) is 18.5. The molecule has 16 heteroatoms. The van der Waals surface area contributed by atoms with Crippen molar-refractivity contribution in [3.63, 3.8) is 0 Å². The van der Waals surface area contributed by atoms with Gasteiger partial charge in [0.2, 0.25) is 5.95 Å². The molecule has 0 aliphatic heterocycles. The van der Waals surface area contributed by atoms with E-state index in [2.05, 4.69) is 19.8 Å². The smallest absolute Gasteiger partial charge is 0.428 e. The fourth-order valence-corrected chi connectivity index (χ4v) is 5.06. The molecule has 39 heavy (non-hydrogen) atoms. The molecule has 2 heterocycles. The molecular formula is C23H17F5N6O4S. The quantitative estimate of drug-likeness (QED) is 0.330.